The van der Waals surface area contributed by atoms with Crippen LogP contribution in [-0.2, 0) is 16.6 Å². The maximum atomic E-state index is 12.7. The van der Waals surface area contributed by atoms with Crippen molar-refractivity contribution in [3.8, 4) is 11.4 Å². The standard InChI is InChI=1S/C19H19N3O4/c1-2-25-18(24)15-14-16(17(23)20-10-19(14)6-7-19)22(21-15)12-3-4-13-11(9-12)5-8-26-13/h3-4,9H,2,5-8,10H2,1H3,(H,20,23). The van der Waals surface area contributed by atoms with Crippen molar-refractivity contribution in [3.63, 3.8) is 0 Å². The summed E-state index contributed by atoms with van der Waals surface area (Å²) in [6.07, 6.45) is 2.71. The first kappa shape index (κ1) is 15.4. The minimum absolute atomic E-state index is 0.177. The predicted octanol–water partition coefficient (Wildman–Crippen LogP) is 1.76. The summed E-state index contributed by atoms with van der Waals surface area (Å²) in [6.45, 7) is 3.25. The predicted molar refractivity (Wildman–Crippen MR) is 92.0 cm³/mol. The number of carbonyl (C=O) groups excluding carboxylic acids is 2. The van der Waals surface area contributed by atoms with Gasteiger partial charge in [-0.05, 0) is 43.5 Å². The second-order valence-electron chi connectivity index (χ2n) is 7.06. The Morgan fingerprint density at radius 1 is 1.42 bits per heavy atom. The lowest BCUT2D eigenvalue weighted by Crippen LogP contribution is -2.40. The second-order valence-corrected chi connectivity index (χ2v) is 7.06. The Morgan fingerprint density at radius 2 is 2.27 bits per heavy atom. The van der Waals surface area contributed by atoms with Crippen LogP contribution in [0.1, 0.15) is 51.9 Å². The topological polar surface area (TPSA) is 82.4 Å². The minimum Gasteiger partial charge on any atom is -0.493 e. The third kappa shape index (κ3) is 2.09. The van der Waals surface area contributed by atoms with Crippen LogP contribution in [0.25, 0.3) is 5.69 Å². The number of aromatic nitrogens is 2. The number of ether oxygens (including phenoxy) is 2. The summed E-state index contributed by atoms with van der Waals surface area (Å²) in [6, 6.07) is 5.74. The molecule has 0 bridgehead atoms. The number of fused-ring (bicyclic) bond motifs is 3. The van der Waals surface area contributed by atoms with E-state index in [4.69, 9.17) is 9.47 Å². The number of amides is 1. The fourth-order valence-corrected chi connectivity index (χ4v) is 3.96. The number of rotatable bonds is 3. The molecule has 2 aromatic rings. The summed E-state index contributed by atoms with van der Waals surface area (Å²) in [4.78, 5) is 25.2. The lowest BCUT2D eigenvalue weighted by molar-refractivity contribution is 0.0516. The van der Waals surface area contributed by atoms with E-state index in [1.807, 2.05) is 18.2 Å². The molecule has 7 heteroatoms. The van der Waals surface area contributed by atoms with Crippen molar-refractivity contribution in [3.05, 3.63) is 40.7 Å². The average Bonchev–Trinajstić information content (AvgIpc) is 3.07. The Balaban J connectivity index is 1.71. The monoisotopic (exact) mass is 353 g/mol. The smallest absolute Gasteiger partial charge is 0.359 e. The van der Waals surface area contributed by atoms with Gasteiger partial charge in [-0.25, -0.2) is 9.48 Å². The molecular weight excluding hydrogens is 334 g/mol. The first-order valence-electron chi connectivity index (χ1n) is 8.98. The fraction of sp³-hybridized carbons (Fsp3) is 0.421. The van der Waals surface area contributed by atoms with E-state index in [2.05, 4.69) is 10.4 Å². The molecule has 1 fully saturated rings. The SMILES string of the molecule is CCOC(=O)c1nn(-c2ccc3c(c2)CCO3)c2c1C1(CC1)CNC2=O. The van der Waals surface area contributed by atoms with E-state index in [-0.39, 0.29) is 23.6 Å². The first-order chi connectivity index (χ1) is 12.6. The van der Waals surface area contributed by atoms with Crippen LogP contribution in [0.15, 0.2) is 18.2 Å². The molecule has 26 heavy (non-hydrogen) atoms. The van der Waals surface area contributed by atoms with Gasteiger partial charge in [0.15, 0.2) is 5.69 Å². The number of nitrogens with zero attached hydrogens (tertiary/aromatic N) is 2. The van der Waals surface area contributed by atoms with Crippen LogP contribution in [0.2, 0.25) is 0 Å². The molecule has 134 valence electrons. The lowest BCUT2D eigenvalue weighted by atomic mass is 9.90. The molecule has 1 saturated carbocycles. The van der Waals surface area contributed by atoms with Crippen molar-refractivity contribution >= 4 is 11.9 Å². The fourth-order valence-electron chi connectivity index (χ4n) is 3.96. The van der Waals surface area contributed by atoms with Crippen molar-refractivity contribution in [1.82, 2.24) is 15.1 Å². The van der Waals surface area contributed by atoms with Gasteiger partial charge < -0.3 is 14.8 Å². The van der Waals surface area contributed by atoms with Crippen LogP contribution in [-0.4, -0.2) is 41.4 Å². The van der Waals surface area contributed by atoms with Crippen LogP contribution in [0.4, 0.5) is 0 Å². The Bertz CT molecular complexity index is 943. The highest BCUT2D eigenvalue weighted by atomic mass is 16.5. The van der Waals surface area contributed by atoms with Gasteiger partial charge in [-0.1, -0.05) is 0 Å². The van der Waals surface area contributed by atoms with Crippen LogP contribution in [0, 0.1) is 0 Å². The number of hydrogen-bond acceptors (Lipinski definition) is 5. The molecule has 0 unspecified atom stereocenters. The molecule has 5 rings (SSSR count). The van der Waals surface area contributed by atoms with Crippen LogP contribution >= 0.6 is 0 Å². The highest BCUT2D eigenvalue weighted by molar-refractivity contribution is 6.01. The molecule has 0 atom stereocenters. The summed E-state index contributed by atoms with van der Waals surface area (Å²) in [5.41, 5.74) is 3.14. The number of benzene rings is 1. The summed E-state index contributed by atoms with van der Waals surface area (Å²) in [7, 11) is 0. The molecule has 0 saturated heterocycles. The zero-order chi connectivity index (χ0) is 17.9. The Labute approximate surface area is 150 Å². The van der Waals surface area contributed by atoms with Crippen molar-refractivity contribution in [2.24, 2.45) is 0 Å². The number of esters is 1. The molecule has 3 heterocycles. The van der Waals surface area contributed by atoms with Gasteiger partial charge in [0.1, 0.15) is 11.4 Å². The third-order valence-corrected chi connectivity index (χ3v) is 5.46. The molecule has 1 aromatic carbocycles. The molecule has 2 aliphatic heterocycles. The van der Waals surface area contributed by atoms with Gasteiger partial charge in [-0.2, -0.15) is 5.10 Å². The molecule has 1 spiro atoms. The molecule has 0 radical (unpaired) electrons. The Kier molecular flexibility index (Phi) is 3.16. The second kappa shape index (κ2) is 5.33. The van der Waals surface area contributed by atoms with E-state index >= 15 is 0 Å². The lowest BCUT2D eigenvalue weighted by Gasteiger charge is -2.23. The van der Waals surface area contributed by atoms with Gasteiger partial charge in [0.05, 0.1) is 18.9 Å². The number of carbonyl (C=O) groups is 2. The van der Waals surface area contributed by atoms with Crippen LogP contribution < -0.4 is 10.1 Å². The van der Waals surface area contributed by atoms with Gasteiger partial charge in [-0.3, -0.25) is 4.79 Å². The maximum absolute atomic E-state index is 12.7. The maximum Gasteiger partial charge on any atom is 0.359 e. The van der Waals surface area contributed by atoms with Gasteiger partial charge >= 0.3 is 5.97 Å². The van der Waals surface area contributed by atoms with Crippen molar-refractivity contribution in [2.45, 2.75) is 31.6 Å². The first-order valence-corrected chi connectivity index (χ1v) is 8.98. The van der Waals surface area contributed by atoms with Crippen molar-refractivity contribution < 1.29 is 19.1 Å². The Morgan fingerprint density at radius 3 is 3.04 bits per heavy atom. The minimum atomic E-state index is -0.465. The zero-order valence-corrected chi connectivity index (χ0v) is 14.5. The summed E-state index contributed by atoms with van der Waals surface area (Å²) in [5.74, 6) is 0.203. The van der Waals surface area contributed by atoms with Crippen LogP contribution in [0.3, 0.4) is 0 Å². The van der Waals surface area contributed by atoms with E-state index in [0.717, 1.165) is 41.8 Å². The summed E-state index contributed by atoms with van der Waals surface area (Å²) in [5, 5.41) is 7.49. The summed E-state index contributed by atoms with van der Waals surface area (Å²) >= 11 is 0. The highest BCUT2D eigenvalue weighted by Crippen LogP contribution is 2.52. The quantitative estimate of drug-likeness (QED) is 0.850. The van der Waals surface area contributed by atoms with E-state index in [0.29, 0.717) is 18.8 Å². The molecule has 7 nitrogen and oxygen atoms in total. The van der Waals surface area contributed by atoms with Gasteiger partial charge in [0.2, 0.25) is 0 Å². The van der Waals surface area contributed by atoms with Gasteiger partial charge in [-0.15, -0.1) is 0 Å². The molecule has 1 aromatic heterocycles. The molecular formula is C19H19N3O4. The zero-order valence-electron chi connectivity index (χ0n) is 14.5. The highest BCUT2D eigenvalue weighted by Gasteiger charge is 2.53. The van der Waals surface area contributed by atoms with Gasteiger partial charge in [0.25, 0.3) is 5.91 Å². The van der Waals surface area contributed by atoms with Crippen molar-refractivity contribution in [1.29, 1.82) is 0 Å². The van der Waals surface area contributed by atoms with Gasteiger partial charge in [0, 0.05) is 23.9 Å². The van der Waals surface area contributed by atoms with E-state index < -0.39 is 5.97 Å². The van der Waals surface area contributed by atoms with Crippen molar-refractivity contribution in [2.75, 3.05) is 19.8 Å². The third-order valence-electron chi connectivity index (χ3n) is 5.46. The Hall–Kier alpha value is -2.83. The van der Waals surface area contributed by atoms with E-state index in [9.17, 15) is 9.59 Å². The normalized spacial score (nSPS) is 18.7. The van der Waals surface area contributed by atoms with Crippen LogP contribution in [0.5, 0.6) is 5.75 Å². The van der Waals surface area contributed by atoms with E-state index in [1.54, 1.807) is 11.6 Å². The number of hydrogen-bond donors (Lipinski definition) is 1. The molecule has 1 amide bonds. The largest absolute Gasteiger partial charge is 0.493 e. The molecule has 1 N–H and O–H groups in total. The number of nitrogens with one attached hydrogen (secondary N) is 1. The van der Waals surface area contributed by atoms with E-state index in [1.165, 1.54) is 0 Å². The molecule has 3 aliphatic rings. The molecule has 1 aliphatic carbocycles. The summed E-state index contributed by atoms with van der Waals surface area (Å²) < 4.78 is 12.4. The average molecular weight is 353 g/mol.